The zero-order valence-electron chi connectivity index (χ0n) is 15.8. The van der Waals surface area contributed by atoms with Crippen molar-refractivity contribution in [3.63, 3.8) is 0 Å². The average molecular weight is 341 g/mol. The van der Waals surface area contributed by atoms with E-state index < -0.39 is 0 Å². The van der Waals surface area contributed by atoms with Crippen LogP contribution in [0, 0.1) is 0 Å². The molecule has 1 atom stereocenters. The molecule has 1 unspecified atom stereocenters. The maximum Gasteiger partial charge on any atom is 0.306 e. The van der Waals surface area contributed by atoms with Crippen molar-refractivity contribution >= 4 is 11.9 Å². The molecule has 6 nitrogen and oxygen atoms in total. The molecule has 24 heavy (non-hydrogen) atoms. The van der Waals surface area contributed by atoms with E-state index in [0.717, 1.165) is 64.2 Å². The molecule has 0 aromatic rings. The number of aliphatic imine (C=N–C) groups is 1. The van der Waals surface area contributed by atoms with Crippen LogP contribution in [-0.4, -0.2) is 50.4 Å². The summed E-state index contributed by atoms with van der Waals surface area (Å²) in [5.74, 6) is 0.735. The summed E-state index contributed by atoms with van der Waals surface area (Å²) in [6.45, 7) is 8.28. The Morgan fingerprint density at radius 2 is 1.96 bits per heavy atom. The number of hydrogen-bond donors (Lipinski definition) is 2. The first kappa shape index (κ1) is 20.7. The second kappa shape index (κ2) is 11.3. The van der Waals surface area contributed by atoms with Crippen molar-refractivity contribution in [3.8, 4) is 0 Å². The average Bonchev–Trinajstić information content (AvgIpc) is 3.00. The highest BCUT2D eigenvalue weighted by Gasteiger charge is 2.16. The lowest BCUT2D eigenvalue weighted by Crippen LogP contribution is -2.41. The van der Waals surface area contributed by atoms with Crippen LogP contribution in [-0.2, 0) is 14.3 Å². The van der Waals surface area contributed by atoms with E-state index in [4.69, 9.17) is 9.47 Å². The molecule has 1 rings (SSSR count). The number of unbranched alkanes of at least 4 members (excludes halogenated alkanes) is 3. The summed E-state index contributed by atoms with van der Waals surface area (Å²) in [6, 6.07) is 0. The monoisotopic (exact) mass is 341 g/mol. The minimum absolute atomic E-state index is 0.0978. The van der Waals surface area contributed by atoms with E-state index in [1.807, 2.05) is 20.8 Å². The van der Waals surface area contributed by atoms with E-state index in [1.165, 1.54) is 0 Å². The lowest BCUT2D eigenvalue weighted by molar-refractivity contribution is -0.154. The van der Waals surface area contributed by atoms with E-state index >= 15 is 0 Å². The Kier molecular flexibility index (Phi) is 9.76. The Labute approximate surface area is 146 Å². The maximum atomic E-state index is 11.6. The number of guanidine groups is 1. The molecule has 0 radical (unpaired) electrons. The third-order valence-electron chi connectivity index (χ3n) is 3.76. The Morgan fingerprint density at radius 1 is 1.21 bits per heavy atom. The fourth-order valence-corrected chi connectivity index (χ4v) is 2.58. The van der Waals surface area contributed by atoms with E-state index in [9.17, 15) is 4.79 Å². The molecule has 1 heterocycles. The van der Waals surface area contributed by atoms with Crippen LogP contribution < -0.4 is 10.6 Å². The molecule has 1 saturated heterocycles. The van der Waals surface area contributed by atoms with Gasteiger partial charge in [0.2, 0.25) is 0 Å². The van der Waals surface area contributed by atoms with Crippen LogP contribution in [0.5, 0.6) is 0 Å². The summed E-state index contributed by atoms with van der Waals surface area (Å²) in [7, 11) is 1.78. The van der Waals surface area contributed by atoms with Gasteiger partial charge in [-0.05, 0) is 46.5 Å². The molecule has 0 amide bonds. The highest BCUT2D eigenvalue weighted by atomic mass is 16.6. The van der Waals surface area contributed by atoms with Crippen molar-refractivity contribution in [2.45, 2.75) is 77.4 Å². The van der Waals surface area contributed by atoms with E-state index in [-0.39, 0.29) is 11.6 Å². The van der Waals surface area contributed by atoms with Gasteiger partial charge >= 0.3 is 5.97 Å². The van der Waals surface area contributed by atoms with Gasteiger partial charge in [0.25, 0.3) is 0 Å². The zero-order valence-corrected chi connectivity index (χ0v) is 15.8. The van der Waals surface area contributed by atoms with Crippen molar-refractivity contribution in [3.05, 3.63) is 0 Å². The molecule has 140 valence electrons. The predicted octanol–water partition coefficient (Wildman–Crippen LogP) is 2.62. The Hall–Kier alpha value is -1.30. The van der Waals surface area contributed by atoms with E-state index in [0.29, 0.717) is 12.5 Å². The normalized spacial score (nSPS) is 18.5. The van der Waals surface area contributed by atoms with Crippen LogP contribution in [0.15, 0.2) is 4.99 Å². The van der Waals surface area contributed by atoms with Crippen molar-refractivity contribution < 1.29 is 14.3 Å². The summed E-state index contributed by atoms with van der Waals surface area (Å²) in [6.07, 6.45) is 7.20. The van der Waals surface area contributed by atoms with Crippen molar-refractivity contribution in [1.29, 1.82) is 0 Å². The molecule has 1 fully saturated rings. The molecule has 6 heteroatoms. The third kappa shape index (κ3) is 10.5. The van der Waals surface area contributed by atoms with Crippen molar-refractivity contribution in [1.82, 2.24) is 10.6 Å². The summed E-state index contributed by atoms with van der Waals surface area (Å²) >= 11 is 0. The molecule has 1 aliphatic heterocycles. The van der Waals surface area contributed by atoms with Gasteiger partial charge in [-0.15, -0.1) is 0 Å². The van der Waals surface area contributed by atoms with Crippen LogP contribution >= 0.6 is 0 Å². The first-order valence-corrected chi connectivity index (χ1v) is 9.18. The van der Waals surface area contributed by atoms with Gasteiger partial charge in [0.1, 0.15) is 5.60 Å². The van der Waals surface area contributed by atoms with Crippen LogP contribution in [0.4, 0.5) is 0 Å². The number of carbonyl (C=O) groups is 1. The maximum absolute atomic E-state index is 11.6. The smallest absolute Gasteiger partial charge is 0.306 e. The molecular weight excluding hydrogens is 306 g/mol. The van der Waals surface area contributed by atoms with Crippen LogP contribution in [0.2, 0.25) is 0 Å². The molecule has 0 bridgehead atoms. The molecule has 0 spiro atoms. The highest BCUT2D eigenvalue weighted by molar-refractivity contribution is 5.79. The lowest BCUT2D eigenvalue weighted by atomic mass is 10.1. The van der Waals surface area contributed by atoms with Gasteiger partial charge in [-0.3, -0.25) is 9.79 Å². The fraction of sp³-hybridized carbons (Fsp3) is 0.889. The van der Waals surface area contributed by atoms with Gasteiger partial charge in [-0.1, -0.05) is 12.8 Å². The third-order valence-corrected chi connectivity index (χ3v) is 3.76. The van der Waals surface area contributed by atoms with Gasteiger partial charge in [0, 0.05) is 33.2 Å². The first-order valence-electron chi connectivity index (χ1n) is 9.18. The minimum Gasteiger partial charge on any atom is -0.460 e. The minimum atomic E-state index is -0.382. The lowest BCUT2D eigenvalue weighted by Gasteiger charge is -2.19. The topological polar surface area (TPSA) is 72.0 Å². The summed E-state index contributed by atoms with van der Waals surface area (Å²) < 4.78 is 10.9. The Bertz CT molecular complexity index is 385. The number of carbonyl (C=O) groups excluding carboxylic acids is 1. The molecule has 1 aliphatic rings. The highest BCUT2D eigenvalue weighted by Crippen LogP contribution is 2.11. The molecule has 0 aliphatic carbocycles. The van der Waals surface area contributed by atoms with Gasteiger partial charge in [0.05, 0.1) is 6.10 Å². The number of nitrogens with one attached hydrogen (secondary N) is 2. The molecule has 0 saturated carbocycles. The number of rotatable bonds is 9. The van der Waals surface area contributed by atoms with Crippen molar-refractivity contribution in [2.24, 2.45) is 4.99 Å². The van der Waals surface area contributed by atoms with Crippen molar-refractivity contribution in [2.75, 3.05) is 26.7 Å². The first-order chi connectivity index (χ1) is 11.4. The van der Waals surface area contributed by atoms with Gasteiger partial charge < -0.3 is 20.1 Å². The van der Waals surface area contributed by atoms with E-state index in [2.05, 4.69) is 15.6 Å². The summed E-state index contributed by atoms with van der Waals surface area (Å²) in [5.41, 5.74) is -0.382. The van der Waals surface area contributed by atoms with Gasteiger partial charge in [-0.25, -0.2) is 0 Å². The standard InChI is InChI=1S/C18H35N3O3/c1-18(2,3)24-16(22)11-7-5-6-8-12-20-17(19-4)21-14-15-10-9-13-23-15/h15H,5-14H2,1-4H3,(H2,19,20,21). The van der Waals surface area contributed by atoms with Gasteiger partial charge in [0.15, 0.2) is 5.96 Å². The quantitative estimate of drug-likeness (QED) is 0.292. The summed E-state index contributed by atoms with van der Waals surface area (Å²) in [5, 5.41) is 6.62. The summed E-state index contributed by atoms with van der Waals surface area (Å²) in [4.78, 5) is 15.8. The Morgan fingerprint density at radius 3 is 2.58 bits per heavy atom. The zero-order chi connectivity index (χ0) is 17.8. The SMILES string of the molecule is CN=C(NCCCCCCC(=O)OC(C)(C)C)NCC1CCCO1. The second-order valence-electron chi connectivity index (χ2n) is 7.27. The van der Waals surface area contributed by atoms with E-state index in [1.54, 1.807) is 7.05 Å². The number of ether oxygens (including phenoxy) is 2. The number of esters is 1. The number of nitrogens with zero attached hydrogens (tertiary/aromatic N) is 1. The largest absolute Gasteiger partial charge is 0.460 e. The molecule has 2 N–H and O–H groups in total. The molecule has 0 aromatic carbocycles. The second-order valence-corrected chi connectivity index (χ2v) is 7.27. The molecular formula is C18H35N3O3. The van der Waals surface area contributed by atoms with Gasteiger partial charge in [-0.2, -0.15) is 0 Å². The van der Waals surface area contributed by atoms with Crippen LogP contribution in [0.1, 0.15) is 65.7 Å². The van der Waals surface area contributed by atoms with Crippen LogP contribution in [0.25, 0.3) is 0 Å². The Balaban J connectivity index is 1.97. The molecule has 0 aromatic heterocycles. The van der Waals surface area contributed by atoms with Crippen LogP contribution in [0.3, 0.4) is 0 Å². The predicted molar refractivity (Wildman–Crippen MR) is 97.3 cm³/mol. The number of hydrogen-bond acceptors (Lipinski definition) is 4. The fourth-order valence-electron chi connectivity index (χ4n) is 2.58.